The number of alkyl halides is 2. The maximum atomic E-state index is 12.4. The summed E-state index contributed by atoms with van der Waals surface area (Å²) in [7, 11) is 0. The first-order chi connectivity index (χ1) is 8.63. The van der Waals surface area contributed by atoms with Crippen LogP contribution in [0.15, 0.2) is 30.3 Å². The Bertz CT molecular complexity index is 360. The monoisotopic (exact) mass is 259 g/mol. The minimum absolute atomic E-state index is 0.0156. The van der Waals surface area contributed by atoms with Gasteiger partial charge in [0.25, 0.3) is 6.43 Å². The second kappa shape index (κ2) is 7.60. The number of aliphatic hydroxyl groups excluding tert-OH is 1. The summed E-state index contributed by atoms with van der Waals surface area (Å²) in [6, 6.07) is 7.50. The largest absolute Gasteiger partial charge is 0.445 e. The number of carbonyl (C=O) groups is 1. The zero-order valence-corrected chi connectivity index (χ0v) is 9.68. The Hall–Kier alpha value is -1.69. The van der Waals surface area contributed by atoms with Gasteiger partial charge >= 0.3 is 6.09 Å². The van der Waals surface area contributed by atoms with Gasteiger partial charge in [0.1, 0.15) is 6.61 Å². The number of hydrogen-bond donors (Lipinski definition) is 2. The molecule has 1 unspecified atom stereocenters. The van der Waals surface area contributed by atoms with E-state index >= 15 is 0 Å². The van der Waals surface area contributed by atoms with Gasteiger partial charge in [-0.05, 0) is 12.0 Å². The lowest BCUT2D eigenvalue weighted by atomic mass is 10.2. The highest BCUT2D eigenvalue weighted by Crippen LogP contribution is 2.06. The molecular formula is C12H15F2NO3. The fraction of sp³-hybridized carbons (Fsp3) is 0.417. The van der Waals surface area contributed by atoms with Crippen molar-refractivity contribution in [2.24, 2.45) is 0 Å². The summed E-state index contributed by atoms with van der Waals surface area (Å²) in [6.07, 6.45) is -3.86. The standard InChI is InChI=1S/C12H15F2NO3/c13-11(14)10(6-7-16)15-12(17)18-8-9-4-2-1-3-5-9/h1-5,10-11,16H,6-8H2,(H,15,17). The first-order valence-corrected chi connectivity index (χ1v) is 5.49. The normalized spacial score (nSPS) is 12.2. The van der Waals surface area contributed by atoms with E-state index in [1.165, 1.54) is 0 Å². The van der Waals surface area contributed by atoms with Gasteiger partial charge in [0.2, 0.25) is 0 Å². The number of carbonyl (C=O) groups excluding carboxylic acids is 1. The minimum atomic E-state index is -2.73. The zero-order chi connectivity index (χ0) is 13.4. The molecular weight excluding hydrogens is 244 g/mol. The highest BCUT2D eigenvalue weighted by atomic mass is 19.3. The lowest BCUT2D eigenvalue weighted by molar-refractivity contribution is 0.0720. The molecule has 0 fully saturated rings. The van der Waals surface area contributed by atoms with Crippen molar-refractivity contribution in [2.45, 2.75) is 25.5 Å². The summed E-state index contributed by atoms with van der Waals surface area (Å²) in [4.78, 5) is 11.3. The average Bonchev–Trinajstić information content (AvgIpc) is 2.37. The fourth-order valence-corrected chi connectivity index (χ4v) is 1.32. The Morgan fingerprint density at radius 1 is 1.33 bits per heavy atom. The van der Waals surface area contributed by atoms with Gasteiger partial charge in [-0.1, -0.05) is 30.3 Å². The number of rotatable bonds is 6. The average molecular weight is 259 g/mol. The summed E-state index contributed by atoms with van der Waals surface area (Å²) >= 11 is 0. The smallest absolute Gasteiger partial charge is 0.407 e. The van der Waals surface area contributed by atoms with Crippen molar-refractivity contribution in [2.75, 3.05) is 6.61 Å². The molecule has 0 saturated carbocycles. The maximum Gasteiger partial charge on any atom is 0.407 e. The fourth-order valence-electron chi connectivity index (χ4n) is 1.32. The van der Waals surface area contributed by atoms with Gasteiger partial charge in [-0.2, -0.15) is 0 Å². The van der Waals surface area contributed by atoms with Crippen LogP contribution in [0.5, 0.6) is 0 Å². The Labute approximate surface area is 104 Å². The number of benzene rings is 1. The molecule has 0 aliphatic rings. The molecule has 1 amide bonds. The quantitative estimate of drug-likeness (QED) is 0.820. The molecule has 0 heterocycles. The second-order valence-electron chi connectivity index (χ2n) is 3.66. The Morgan fingerprint density at radius 3 is 2.56 bits per heavy atom. The van der Waals surface area contributed by atoms with E-state index < -0.39 is 25.2 Å². The summed E-state index contributed by atoms with van der Waals surface area (Å²) in [5, 5.41) is 10.6. The van der Waals surface area contributed by atoms with Gasteiger partial charge in [-0.15, -0.1) is 0 Å². The molecule has 1 atom stereocenters. The molecule has 6 heteroatoms. The van der Waals surface area contributed by atoms with Crippen molar-refractivity contribution in [1.29, 1.82) is 0 Å². The molecule has 0 radical (unpaired) electrons. The van der Waals surface area contributed by atoms with Crippen LogP contribution < -0.4 is 5.32 Å². The highest BCUT2D eigenvalue weighted by molar-refractivity contribution is 5.67. The number of aliphatic hydroxyl groups is 1. The summed E-state index contributed by atoms with van der Waals surface area (Å²) in [6.45, 7) is -0.407. The van der Waals surface area contributed by atoms with E-state index in [1.807, 2.05) is 11.4 Å². The van der Waals surface area contributed by atoms with E-state index in [9.17, 15) is 13.6 Å². The molecule has 2 N–H and O–H groups in total. The van der Waals surface area contributed by atoms with Crippen LogP contribution in [-0.4, -0.2) is 30.3 Å². The van der Waals surface area contributed by atoms with Gasteiger partial charge in [-0.25, -0.2) is 13.6 Å². The molecule has 1 rings (SSSR count). The van der Waals surface area contributed by atoms with E-state index in [1.54, 1.807) is 24.3 Å². The van der Waals surface area contributed by atoms with Crippen LogP contribution in [0.25, 0.3) is 0 Å². The summed E-state index contributed by atoms with van der Waals surface area (Å²) in [5.41, 5.74) is 0.767. The van der Waals surface area contributed by atoms with E-state index in [2.05, 4.69) is 0 Å². The predicted octanol–water partition coefficient (Wildman–Crippen LogP) is 1.93. The van der Waals surface area contributed by atoms with Crippen molar-refractivity contribution in [3.63, 3.8) is 0 Å². The third-order valence-electron chi connectivity index (χ3n) is 2.26. The maximum absolute atomic E-state index is 12.4. The molecule has 1 aromatic rings. The van der Waals surface area contributed by atoms with Gasteiger partial charge in [0.05, 0.1) is 6.04 Å². The molecule has 0 saturated heterocycles. The highest BCUT2D eigenvalue weighted by Gasteiger charge is 2.22. The van der Waals surface area contributed by atoms with Crippen molar-refractivity contribution in [3.05, 3.63) is 35.9 Å². The van der Waals surface area contributed by atoms with E-state index in [-0.39, 0.29) is 13.0 Å². The molecule has 0 aliphatic heterocycles. The van der Waals surface area contributed by atoms with Crippen LogP contribution in [-0.2, 0) is 11.3 Å². The van der Waals surface area contributed by atoms with Gasteiger partial charge in [0, 0.05) is 6.61 Å². The SMILES string of the molecule is O=C(NC(CCO)C(F)F)OCc1ccccc1. The topological polar surface area (TPSA) is 58.6 Å². The second-order valence-corrected chi connectivity index (χ2v) is 3.66. The van der Waals surface area contributed by atoms with Crippen molar-refractivity contribution >= 4 is 6.09 Å². The summed E-state index contributed by atoms with van der Waals surface area (Å²) in [5.74, 6) is 0. The van der Waals surface area contributed by atoms with Crippen molar-refractivity contribution in [3.8, 4) is 0 Å². The number of nitrogens with one attached hydrogen (secondary N) is 1. The first kappa shape index (κ1) is 14.4. The lowest BCUT2D eigenvalue weighted by Gasteiger charge is -2.16. The number of halogens is 2. The molecule has 1 aromatic carbocycles. The number of ether oxygens (including phenoxy) is 1. The van der Waals surface area contributed by atoms with Crippen LogP contribution in [0.3, 0.4) is 0 Å². The molecule has 4 nitrogen and oxygen atoms in total. The Morgan fingerprint density at radius 2 is 2.00 bits per heavy atom. The van der Waals surface area contributed by atoms with Crippen LogP contribution in [0.2, 0.25) is 0 Å². The first-order valence-electron chi connectivity index (χ1n) is 5.49. The van der Waals surface area contributed by atoms with Gasteiger partial charge < -0.3 is 15.2 Å². The lowest BCUT2D eigenvalue weighted by Crippen LogP contribution is -2.40. The number of alkyl carbamates (subject to hydrolysis) is 1. The molecule has 100 valence electrons. The minimum Gasteiger partial charge on any atom is -0.445 e. The Kier molecular flexibility index (Phi) is 6.07. The van der Waals surface area contributed by atoms with Crippen LogP contribution in [0, 0.1) is 0 Å². The van der Waals surface area contributed by atoms with E-state index in [0.717, 1.165) is 5.56 Å². The van der Waals surface area contributed by atoms with E-state index in [0.29, 0.717) is 0 Å². The number of hydrogen-bond acceptors (Lipinski definition) is 3. The van der Waals surface area contributed by atoms with Crippen LogP contribution in [0.1, 0.15) is 12.0 Å². The zero-order valence-electron chi connectivity index (χ0n) is 9.68. The molecule has 0 bridgehead atoms. The third-order valence-corrected chi connectivity index (χ3v) is 2.26. The van der Waals surface area contributed by atoms with Gasteiger partial charge in [0.15, 0.2) is 0 Å². The van der Waals surface area contributed by atoms with Crippen LogP contribution >= 0.6 is 0 Å². The number of amides is 1. The Balaban J connectivity index is 2.36. The van der Waals surface area contributed by atoms with Gasteiger partial charge in [-0.3, -0.25) is 0 Å². The predicted molar refractivity (Wildman–Crippen MR) is 61.3 cm³/mol. The summed E-state index contributed by atoms with van der Waals surface area (Å²) < 4.78 is 29.6. The molecule has 0 aromatic heterocycles. The van der Waals surface area contributed by atoms with E-state index in [4.69, 9.17) is 9.84 Å². The molecule has 0 spiro atoms. The molecule has 0 aliphatic carbocycles. The van der Waals surface area contributed by atoms with Crippen LogP contribution in [0.4, 0.5) is 13.6 Å². The third kappa shape index (κ3) is 5.09. The molecule has 18 heavy (non-hydrogen) atoms. The van der Waals surface area contributed by atoms with Crippen molar-refractivity contribution in [1.82, 2.24) is 5.32 Å². The van der Waals surface area contributed by atoms with Crippen molar-refractivity contribution < 1.29 is 23.4 Å².